The summed E-state index contributed by atoms with van der Waals surface area (Å²) in [7, 11) is 1.26. The van der Waals surface area contributed by atoms with Crippen molar-refractivity contribution >= 4 is 51.5 Å². The minimum Gasteiger partial charge on any atom is -0.465 e. The number of urea groups is 1. The maximum atomic E-state index is 13.2. The van der Waals surface area contributed by atoms with Gasteiger partial charge in [-0.3, -0.25) is 14.9 Å². The zero-order chi connectivity index (χ0) is 26.0. The van der Waals surface area contributed by atoms with Crippen LogP contribution in [0.1, 0.15) is 38.2 Å². The van der Waals surface area contributed by atoms with Crippen LogP contribution < -0.4 is 10.2 Å². The van der Waals surface area contributed by atoms with Gasteiger partial charge in [-0.1, -0.05) is 57.4 Å². The number of barbiturate groups is 1. The SMILES string of the molecule is COC(=O)c1ccc(N2C(=O)NC(=O)/C(=C\c3ccc(Cc4cc(C)cc(C)c4)c(Br)c3)C2=O)cc1. The first-order chi connectivity index (χ1) is 17.2. The van der Waals surface area contributed by atoms with E-state index in [-0.39, 0.29) is 16.8 Å². The number of hydrogen-bond acceptors (Lipinski definition) is 5. The summed E-state index contributed by atoms with van der Waals surface area (Å²) in [4.78, 5) is 50.7. The predicted molar refractivity (Wildman–Crippen MR) is 140 cm³/mol. The molecule has 8 heteroatoms. The van der Waals surface area contributed by atoms with Crippen molar-refractivity contribution in [1.29, 1.82) is 0 Å². The lowest BCUT2D eigenvalue weighted by Crippen LogP contribution is -2.54. The van der Waals surface area contributed by atoms with Crippen LogP contribution in [0.5, 0.6) is 0 Å². The second-order valence-corrected chi connectivity index (χ2v) is 9.37. The number of anilines is 1. The van der Waals surface area contributed by atoms with E-state index < -0.39 is 23.8 Å². The molecule has 182 valence electrons. The van der Waals surface area contributed by atoms with E-state index in [1.165, 1.54) is 54.1 Å². The van der Waals surface area contributed by atoms with Crippen LogP contribution in [0.2, 0.25) is 0 Å². The van der Waals surface area contributed by atoms with Gasteiger partial charge >= 0.3 is 12.0 Å². The summed E-state index contributed by atoms with van der Waals surface area (Å²) in [6.45, 7) is 4.13. The number of hydrogen-bond donors (Lipinski definition) is 1. The number of nitrogens with zero attached hydrogens (tertiary/aromatic N) is 1. The summed E-state index contributed by atoms with van der Waals surface area (Å²) >= 11 is 3.60. The molecule has 0 aromatic heterocycles. The standard InChI is InChI=1S/C28H23BrN2O5/c1-16-10-17(2)12-19(11-16)13-21-5-4-18(15-24(21)29)14-23-25(32)30-28(35)31(26(23)33)22-8-6-20(7-9-22)27(34)36-3/h4-12,14-15H,13H2,1-3H3,(H,30,32,35)/b23-14+. The Labute approximate surface area is 216 Å². The number of carbonyl (C=O) groups is 4. The number of amides is 4. The number of rotatable bonds is 5. The molecule has 1 fully saturated rings. The van der Waals surface area contributed by atoms with E-state index in [1.807, 2.05) is 18.2 Å². The van der Waals surface area contributed by atoms with Gasteiger partial charge in [0.1, 0.15) is 5.57 Å². The molecule has 0 atom stereocenters. The molecule has 1 aliphatic heterocycles. The van der Waals surface area contributed by atoms with Gasteiger partial charge in [-0.05, 0) is 73.4 Å². The van der Waals surface area contributed by atoms with Crippen molar-refractivity contribution in [3.8, 4) is 0 Å². The number of imide groups is 2. The summed E-state index contributed by atoms with van der Waals surface area (Å²) in [6.07, 6.45) is 2.18. The normalized spacial score (nSPS) is 14.7. The van der Waals surface area contributed by atoms with E-state index in [9.17, 15) is 19.2 Å². The summed E-state index contributed by atoms with van der Waals surface area (Å²) in [5.74, 6) is -2.08. The highest BCUT2D eigenvalue weighted by Gasteiger charge is 2.36. The Hall–Kier alpha value is -4.04. The van der Waals surface area contributed by atoms with Crippen LogP contribution >= 0.6 is 15.9 Å². The number of halogens is 1. The summed E-state index contributed by atoms with van der Waals surface area (Å²) in [5.41, 5.74) is 5.57. The first-order valence-electron chi connectivity index (χ1n) is 11.1. The van der Waals surface area contributed by atoms with E-state index in [0.29, 0.717) is 5.56 Å². The van der Waals surface area contributed by atoms with Crippen molar-refractivity contribution in [1.82, 2.24) is 5.32 Å². The van der Waals surface area contributed by atoms with Gasteiger partial charge in [0.05, 0.1) is 18.4 Å². The highest BCUT2D eigenvalue weighted by atomic mass is 79.9. The van der Waals surface area contributed by atoms with Crippen molar-refractivity contribution < 1.29 is 23.9 Å². The van der Waals surface area contributed by atoms with Crippen LogP contribution in [0.25, 0.3) is 6.08 Å². The van der Waals surface area contributed by atoms with Gasteiger partial charge < -0.3 is 4.74 Å². The van der Waals surface area contributed by atoms with Crippen molar-refractivity contribution in [2.75, 3.05) is 12.0 Å². The van der Waals surface area contributed by atoms with E-state index in [1.54, 1.807) is 0 Å². The molecule has 1 saturated heterocycles. The maximum Gasteiger partial charge on any atom is 0.337 e. The van der Waals surface area contributed by atoms with Gasteiger partial charge in [-0.2, -0.15) is 0 Å². The second-order valence-electron chi connectivity index (χ2n) is 8.52. The first kappa shape index (κ1) is 25.1. The monoisotopic (exact) mass is 546 g/mol. The lowest BCUT2D eigenvalue weighted by Gasteiger charge is -2.26. The number of nitrogens with one attached hydrogen (secondary N) is 1. The summed E-state index contributed by atoms with van der Waals surface area (Å²) in [6, 6.07) is 16.9. The molecule has 4 amide bonds. The Morgan fingerprint density at radius 1 is 0.972 bits per heavy atom. The molecule has 3 aromatic carbocycles. The van der Waals surface area contributed by atoms with Crippen LogP contribution in [0, 0.1) is 13.8 Å². The highest BCUT2D eigenvalue weighted by molar-refractivity contribution is 9.10. The fourth-order valence-electron chi connectivity index (χ4n) is 4.11. The van der Waals surface area contributed by atoms with Crippen molar-refractivity contribution in [2.45, 2.75) is 20.3 Å². The lowest BCUT2D eigenvalue weighted by molar-refractivity contribution is -0.122. The predicted octanol–water partition coefficient (Wildman–Crippen LogP) is 5.11. The van der Waals surface area contributed by atoms with E-state index in [0.717, 1.165) is 21.4 Å². The molecule has 36 heavy (non-hydrogen) atoms. The van der Waals surface area contributed by atoms with Crippen molar-refractivity contribution in [3.63, 3.8) is 0 Å². The van der Waals surface area contributed by atoms with Gasteiger partial charge in [0, 0.05) is 4.47 Å². The van der Waals surface area contributed by atoms with Gasteiger partial charge in [-0.25, -0.2) is 14.5 Å². The third-order valence-corrected chi connectivity index (χ3v) is 6.45. The zero-order valence-corrected chi connectivity index (χ0v) is 21.5. The first-order valence-corrected chi connectivity index (χ1v) is 11.9. The lowest BCUT2D eigenvalue weighted by atomic mass is 9.99. The van der Waals surface area contributed by atoms with Gasteiger partial charge in [-0.15, -0.1) is 0 Å². The maximum absolute atomic E-state index is 13.2. The molecule has 0 saturated carbocycles. The van der Waals surface area contributed by atoms with E-state index >= 15 is 0 Å². The summed E-state index contributed by atoms with van der Waals surface area (Å²) in [5, 5.41) is 2.20. The van der Waals surface area contributed by atoms with E-state index in [2.05, 4.69) is 58.0 Å². The Morgan fingerprint density at radius 2 is 1.64 bits per heavy atom. The van der Waals surface area contributed by atoms with Crippen LogP contribution in [0.15, 0.2) is 70.7 Å². The molecule has 4 rings (SSSR count). The van der Waals surface area contributed by atoms with E-state index in [4.69, 9.17) is 0 Å². The Morgan fingerprint density at radius 3 is 2.25 bits per heavy atom. The second kappa shape index (κ2) is 10.3. The van der Waals surface area contributed by atoms with Gasteiger partial charge in [0.15, 0.2) is 0 Å². The molecule has 3 aromatic rings. The molecule has 0 spiro atoms. The minimum atomic E-state index is -0.863. The smallest absolute Gasteiger partial charge is 0.337 e. The average molecular weight is 547 g/mol. The Bertz CT molecular complexity index is 1410. The number of ether oxygens (including phenoxy) is 1. The largest absolute Gasteiger partial charge is 0.465 e. The van der Waals surface area contributed by atoms with Crippen LogP contribution in [0.4, 0.5) is 10.5 Å². The Kier molecular flexibility index (Phi) is 7.17. The molecule has 0 bridgehead atoms. The fourth-order valence-corrected chi connectivity index (χ4v) is 4.65. The zero-order valence-electron chi connectivity index (χ0n) is 19.9. The average Bonchev–Trinajstić information content (AvgIpc) is 2.82. The number of methoxy groups -OCH3 is 1. The quantitative estimate of drug-likeness (QED) is 0.272. The van der Waals surface area contributed by atoms with Crippen molar-refractivity contribution in [3.05, 3.63) is 104 Å². The molecule has 1 N–H and O–H groups in total. The van der Waals surface area contributed by atoms with Gasteiger partial charge in [0.2, 0.25) is 0 Å². The number of benzene rings is 3. The van der Waals surface area contributed by atoms with Crippen molar-refractivity contribution in [2.24, 2.45) is 0 Å². The molecule has 0 unspecified atom stereocenters. The molecule has 1 aliphatic rings. The number of carbonyl (C=O) groups excluding carboxylic acids is 4. The molecule has 7 nitrogen and oxygen atoms in total. The molecule has 0 radical (unpaired) electrons. The van der Waals surface area contributed by atoms with Crippen LogP contribution in [-0.4, -0.2) is 30.9 Å². The third kappa shape index (κ3) is 5.28. The van der Waals surface area contributed by atoms with Crippen LogP contribution in [-0.2, 0) is 20.7 Å². The molecular formula is C28H23BrN2O5. The fraction of sp³-hybridized carbons (Fsp3) is 0.143. The number of esters is 1. The summed E-state index contributed by atoms with van der Waals surface area (Å²) < 4.78 is 5.51. The highest BCUT2D eigenvalue weighted by Crippen LogP contribution is 2.26. The molecular weight excluding hydrogens is 524 g/mol. The minimum absolute atomic E-state index is 0.180. The van der Waals surface area contributed by atoms with Gasteiger partial charge in [0.25, 0.3) is 11.8 Å². The topological polar surface area (TPSA) is 92.8 Å². The molecule has 1 heterocycles. The Balaban J connectivity index is 1.60. The third-order valence-electron chi connectivity index (χ3n) is 5.71. The molecule has 0 aliphatic carbocycles. The number of aryl methyl sites for hydroxylation is 2. The van der Waals surface area contributed by atoms with Crippen LogP contribution in [0.3, 0.4) is 0 Å².